The van der Waals surface area contributed by atoms with Gasteiger partial charge < -0.3 is 5.11 Å². The molecule has 0 aliphatic rings. The van der Waals surface area contributed by atoms with Crippen LogP contribution in [0.2, 0.25) is 0 Å². The predicted octanol–water partition coefficient (Wildman–Crippen LogP) is 2.35. The van der Waals surface area contributed by atoms with E-state index in [1.807, 2.05) is 18.2 Å². The van der Waals surface area contributed by atoms with Crippen LogP contribution in [0.15, 0.2) is 22.7 Å². The lowest BCUT2D eigenvalue weighted by molar-refractivity contribution is -0.140. The molecule has 0 fully saturated rings. The van der Waals surface area contributed by atoms with Crippen molar-refractivity contribution in [3.05, 3.63) is 26.2 Å². The van der Waals surface area contributed by atoms with Gasteiger partial charge in [-0.15, -0.1) is 5.10 Å². The minimum atomic E-state index is -0.978. The van der Waals surface area contributed by atoms with E-state index in [1.54, 1.807) is 0 Å². The van der Waals surface area contributed by atoms with Crippen LogP contribution in [0.4, 0.5) is 0 Å². The zero-order valence-electron chi connectivity index (χ0n) is 9.21. The van der Waals surface area contributed by atoms with E-state index >= 15 is 0 Å². The number of hydrogen-bond donors (Lipinski definition) is 1. The number of aromatic nitrogens is 4. The van der Waals surface area contributed by atoms with Crippen LogP contribution in [0.3, 0.4) is 0 Å². The molecule has 6 nitrogen and oxygen atoms in total. The quantitative estimate of drug-likeness (QED) is 0.768. The standard InChI is InChI=1S/C10H8BrIN4O2/c1-5(10(17)18)16-9(13-14-15-16)7-4-6(11)2-3-8(7)12/h2-5H,1H3,(H,17,18). The monoisotopic (exact) mass is 422 g/mol. The highest BCUT2D eigenvalue weighted by Gasteiger charge is 2.21. The van der Waals surface area contributed by atoms with Crippen LogP contribution in [0, 0.1) is 3.57 Å². The van der Waals surface area contributed by atoms with E-state index in [2.05, 4.69) is 54.0 Å². The Bertz CT molecular complexity index is 601. The fourth-order valence-electron chi connectivity index (χ4n) is 1.41. The van der Waals surface area contributed by atoms with Crippen LogP contribution in [0.1, 0.15) is 13.0 Å². The lowest BCUT2D eigenvalue weighted by Crippen LogP contribution is -2.18. The maximum Gasteiger partial charge on any atom is 0.328 e. The molecule has 1 aromatic heterocycles. The first-order valence-corrected chi connectivity index (χ1v) is 6.84. The highest BCUT2D eigenvalue weighted by molar-refractivity contribution is 14.1. The van der Waals surface area contributed by atoms with Gasteiger partial charge in [-0.3, -0.25) is 0 Å². The van der Waals surface area contributed by atoms with Crippen molar-refractivity contribution in [2.45, 2.75) is 13.0 Å². The number of carboxylic acid groups (broad SMARTS) is 1. The van der Waals surface area contributed by atoms with Crippen molar-refractivity contribution in [3.8, 4) is 11.4 Å². The predicted molar refractivity (Wildman–Crippen MR) is 76.0 cm³/mol. The average Bonchev–Trinajstić information content (AvgIpc) is 2.80. The Balaban J connectivity index is 2.55. The minimum Gasteiger partial charge on any atom is -0.480 e. The number of carboxylic acids is 1. The number of halogens is 2. The molecule has 1 atom stereocenters. The van der Waals surface area contributed by atoms with E-state index < -0.39 is 12.0 Å². The first kappa shape index (κ1) is 13.4. The van der Waals surface area contributed by atoms with Gasteiger partial charge >= 0.3 is 5.97 Å². The van der Waals surface area contributed by atoms with Crippen molar-refractivity contribution in [2.75, 3.05) is 0 Å². The third-order valence-corrected chi connectivity index (χ3v) is 3.82. The van der Waals surface area contributed by atoms with Crippen LogP contribution in [0.5, 0.6) is 0 Å². The van der Waals surface area contributed by atoms with Crippen LogP contribution in [-0.2, 0) is 4.79 Å². The third-order valence-electron chi connectivity index (χ3n) is 2.39. The number of rotatable bonds is 3. The zero-order valence-corrected chi connectivity index (χ0v) is 13.0. The molecule has 2 rings (SSSR count). The summed E-state index contributed by atoms with van der Waals surface area (Å²) in [6.07, 6.45) is 0. The van der Waals surface area contributed by atoms with E-state index in [9.17, 15) is 4.79 Å². The lowest BCUT2D eigenvalue weighted by Gasteiger charge is -2.10. The molecule has 0 saturated carbocycles. The number of benzene rings is 1. The fourth-order valence-corrected chi connectivity index (χ4v) is 2.34. The molecule has 0 aliphatic heterocycles. The molecule has 0 spiro atoms. The molecule has 1 N–H and O–H groups in total. The van der Waals surface area contributed by atoms with Crippen LogP contribution in [0.25, 0.3) is 11.4 Å². The normalized spacial score (nSPS) is 12.4. The second-order valence-corrected chi connectivity index (χ2v) is 5.66. The van der Waals surface area contributed by atoms with Crippen molar-refractivity contribution in [2.24, 2.45) is 0 Å². The summed E-state index contributed by atoms with van der Waals surface area (Å²) in [5.74, 6) is -0.538. The third kappa shape index (κ3) is 2.53. The lowest BCUT2D eigenvalue weighted by atomic mass is 10.2. The maximum absolute atomic E-state index is 11.0. The van der Waals surface area contributed by atoms with Gasteiger partial charge in [0.15, 0.2) is 11.9 Å². The Labute approximate surface area is 125 Å². The summed E-state index contributed by atoms with van der Waals surface area (Å²) in [6, 6.07) is 4.85. The molecule has 94 valence electrons. The first-order chi connectivity index (χ1) is 8.50. The topological polar surface area (TPSA) is 80.9 Å². The van der Waals surface area contributed by atoms with Gasteiger partial charge in [0.2, 0.25) is 0 Å². The smallest absolute Gasteiger partial charge is 0.328 e. The molecule has 1 heterocycles. The van der Waals surface area contributed by atoms with E-state index in [4.69, 9.17) is 5.11 Å². The number of hydrogen-bond acceptors (Lipinski definition) is 4. The van der Waals surface area contributed by atoms with Crippen LogP contribution >= 0.6 is 38.5 Å². The highest BCUT2D eigenvalue weighted by Crippen LogP contribution is 2.27. The van der Waals surface area contributed by atoms with Crippen molar-refractivity contribution in [1.82, 2.24) is 20.2 Å². The SMILES string of the molecule is CC(C(=O)O)n1nnnc1-c1cc(Br)ccc1I. The number of tetrazole rings is 1. The Hall–Kier alpha value is -1.03. The molecule has 1 aromatic carbocycles. The molecule has 0 bridgehead atoms. The highest BCUT2D eigenvalue weighted by atomic mass is 127. The summed E-state index contributed by atoms with van der Waals surface area (Å²) in [6.45, 7) is 1.53. The molecule has 0 saturated heterocycles. The Morgan fingerprint density at radius 3 is 2.94 bits per heavy atom. The summed E-state index contributed by atoms with van der Waals surface area (Å²) in [4.78, 5) is 11.0. The molecule has 1 unspecified atom stereocenters. The zero-order chi connectivity index (χ0) is 13.3. The van der Waals surface area contributed by atoms with Crippen LogP contribution < -0.4 is 0 Å². The number of nitrogens with zero attached hydrogens (tertiary/aromatic N) is 4. The molecule has 2 aromatic rings. The van der Waals surface area contributed by atoms with E-state index in [-0.39, 0.29) is 0 Å². The molecular formula is C10H8BrIN4O2. The van der Waals surface area contributed by atoms with Gasteiger partial charge in [0.1, 0.15) is 0 Å². The summed E-state index contributed by atoms with van der Waals surface area (Å²) in [5, 5.41) is 20.2. The van der Waals surface area contributed by atoms with Gasteiger partial charge in [0, 0.05) is 13.6 Å². The second kappa shape index (κ2) is 5.31. The van der Waals surface area contributed by atoms with Crippen molar-refractivity contribution >= 4 is 44.5 Å². The summed E-state index contributed by atoms with van der Waals surface area (Å²) < 4.78 is 3.13. The number of aliphatic carboxylic acids is 1. The summed E-state index contributed by atoms with van der Waals surface area (Å²) in [7, 11) is 0. The maximum atomic E-state index is 11.0. The van der Waals surface area contributed by atoms with Gasteiger partial charge in [-0.2, -0.15) is 0 Å². The van der Waals surface area contributed by atoms with E-state index in [1.165, 1.54) is 11.6 Å². The van der Waals surface area contributed by atoms with Crippen molar-refractivity contribution in [1.29, 1.82) is 0 Å². The molecular weight excluding hydrogens is 415 g/mol. The van der Waals surface area contributed by atoms with Gasteiger partial charge in [0.05, 0.1) is 0 Å². The largest absolute Gasteiger partial charge is 0.480 e. The fraction of sp³-hybridized carbons (Fsp3) is 0.200. The van der Waals surface area contributed by atoms with Gasteiger partial charge in [0.25, 0.3) is 0 Å². The van der Waals surface area contributed by atoms with Gasteiger partial charge in [-0.05, 0) is 58.1 Å². The average molecular weight is 423 g/mol. The molecule has 8 heteroatoms. The Morgan fingerprint density at radius 2 is 2.28 bits per heavy atom. The van der Waals surface area contributed by atoms with Gasteiger partial charge in [-0.25, -0.2) is 9.48 Å². The molecule has 0 radical (unpaired) electrons. The van der Waals surface area contributed by atoms with Crippen molar-refractivity contribution in [3.63, 3.8) is 0 Å². The molecule has 0 aliphatic carbocycles. The first-order valence-electron chi connectivity index (χ1n) is 4.97. The van der Waals surface area contributed by atoms with E-state index in [0.29, 0.717) is 5.82 Å². The number of carbonyl (C=O) groups is 1. The van der Waals surface area contributed by atoms with E-state index in [0.717, 1.165) is 13.6 Å². The van der Waals surface area contributed by atoms with Crippen molar-refractivity contribution < 1.29 is 9.90 Å². The molecule has 0 amide bonds. The van der Waals surface area contributed by atoms with Gasteiger partial charge in [-0.1, -0.05) is 15.9 Å². The summed E-state index contributed by atoms with van der Waals surface area (Å²) in [5.41, 5.74) is 0.795. The second-order valence-electron chi connectivity index (χ2n) is 3.59. The Morgan fingerprint density at radius 1 is 1.56 bits per heavy atom. The van der Waals surface area contributed by atoms with Crippen LogP contribution in [-0.4, -0.2) is 31.3 Å². The molecule has 18 heavy (non-hydrogen) atoms. The Kier molecular flexibility index (Phi) is 3.95. The minimum absolute atomic E-state index is 0.440. The summed E-state index contributed by atoms with van der Waals surface area (Å²) >= 11 is 5.53.